The van der Waals surface area contributed by atoms with Gasteiger partial charge in [0.25, 0.3) is 0 Å². The van der Waals surface area contributed by atoms with Gasteiger partial charge in [0, 0.05) is 11.4 Å². The summed E-state index contributed by atoms with van der Waals surface area (Å²) in [6.45, 7) is 0. The molecular formula is C8H7BrNNaO6S. The number of hydrogen-bond donors (Lipinski definition) is 1. The molecule has 1 aromatic rings. The van der Waals surface area contributed by atoms with E-state index in [1.54, 1.807) is 0 Å². The van der Waals surface area contributed by atoms with E-state index in [0.717, 1.165) is 0 Å². The van der Waals surface area contributed by atoms with Gasteiger partial charge in [0.2, 0.25) is 0 Å². The topological polar surface area (TPSA) is 101 Å². The van der Waals surface area contributed by atoms with Gasteiger partial charge in [0.05, 0.1) is 24.7 Å². The van der Waals surface area contributed by atoms with Gasteiger partial charge in [-0.2, -0.15) is 4.33 Å². The zero-order chi connectivity index (χ0) is 12.7. The van der Waals surface area contributed by atoms with Crippen molar-refractivity contribution < 1.29 is 58.8 Å². The number of carbonyl (C=O) groups excluding carboxylic acids is 1. The van der Waals surface area contributed by atoms with Crippen LogP contribution in [-0.4, -0.2) is 21.4 Å². The molecule has 1 N–H and O–H groups in total. The fourth-order valence-electron chi connectivity index (χ4n) is 0.848. The summed E-state index contributed by atoms with van der Waals surface area (Å²) < 4.78 is 8.85. The van der Waals surface area contributed by atoms with Crippen LogP contribution in [0, 0.1) is 0 Å². The first kappa shape index (κ1) is 18.1. The molecule has 0 atom stereocenters. The number of nitrogens with zero attached hydrogens (tertiary/aromatic N) is 1. The van der Waals surface area contributed by atoms with E-state index in [4.69, 9.17) is 4.74 Å². The second kappa shape index (κ2) is 9.98. The largest absolute Gasteiger partial charge is 1.00 e. The molecule has 1 heterocycles. The molecule has 0 spiro atoms. The van der Waals surface area contributed by atoms with Crippen LogP contribution in [0.3, 0.4) is 0 Å². The van der Waals surface area contributed by atoms with Crippen molar-refractivity contribution in [1.29, 1.82) is 0 Å². The summed E-state index contributed by atoms with van der Waals surface area (Å²) in [4.78, 5) is 14.8. The second-order valence-electron chi connectivity index (χ2n) is 2.63. The quantitative estimate of drug-likeness (QED) is 0.153. The first-order valence-electron chi connectivity index (χ1n) is 4.26. The van der Waals surface area contributed by atoms with E-state index in [0.29, 0.717) is 17.4 Å². The van der Waals surface area contributed by atoms with Crippen LogP contribution in [0.1, 0.15) is 6.42 Å². The molecule has 0 bridgehead atoms. The van der Waals surface area contributed by atoms with Gasteiger partial charge < -0.3 is 15.1 Å². The SMILES string of the molecule is O=C(CCBr)Oc1cnc(SOO[O-])c(O)c1.[Na+]. The maximum absolute atomic E-state index is 11.1. The van der Waals surface area contributed by atoms with Gasteiger partial charge in [-0.05, 0) is 0 Å². The molecule has 0 aliphatic carbocycles. The average Bonchev–Trinajstić information content (AvgIpc) is 2.28. The number of rotatable bonds is 6. The van der Waals surface area contributed by atoms with Crippen LogP contribution >= 0.6 is 28.0 Å². The smallest absolute Gasteiger partial charge is 0.691 e. The Labute approximate surface area is 137 Å². The summed E-state index contributed by atoms with van der Waals surface area (Å²) in [5.74, 6) is -0.653. The molecule has 0 aliphatic heterocycles. The van der Waals surface area contributed by atoms with Crippen LogP contribution in [0.15, 0.2) is 17.3 Å². The molecule has 1 aromatic heterocycles. The number of aromatic nitrogens is 1. The van der Waals surface area contributed by atoms with Crippen molar-refractivity contribution in [3.05, 3.63) is 12.3 Å². The molecule has 0 fully saturated rings. The number of esters is 1. The maximum Gasteiger partial charge on any atom is 1.00 e. The molecule has 0 amide bonds. The summed E-state index contributed by atoms with van der Waals surface area (Å²) in [5, 5.41) is 22.6. The van der Waals surface area contributed by atoms with Crippen LogP contribution in [0.25, 0.3) is 0 Å². The second-order valence-corrected chi connectivity index (χ2v) is 4.11. The molecule has 7 nitrogen and oxygen atoms in total. The minimum absolute atomic E-state index is 0. The van der Waals surface area contributed by atoms with Crippen molar-refractivity contribution >= 4 is 33.9 Å². The van der Waals surface area contributed by atoms with Gasteiger partial charge >= 0.3 is 35.5 Å². The number of halogens is 1. The molecule has 0 unspecified atom stereocenters. The summed E-state index contributed by atoms with van der Waals surface area (Å²) in [6.07, 6.45) is 1.41. The van der Waals surface area contributed by atoms with E-state index in [-0.39, 0.29) is 52.5 Å². The van der Waals surface area contributed by atoms with Gasteiger partial charge in [-0.3, -0.25) is 9.83 Å². The van der Waals surface area contributed by atoms with Crippen LogP contribution in [0.5, 0.6) is 11.5 Å². The predicted molar refractivity (Wildman–Crippen MR) is 58.0 cm³/mol. The van der Waals surface area contributed by atoms with Gasteiger partial charge in [-0.1, -0.05) is 15.9 Å². The Hall–Kier alpha value is 0.130. The minimum atomic E-state index is -0.456. The fourth-order valence-corrected chi connectivity index (χ4v) is 1.50. The monoisotopic (exact) mass is 347 g/mol. The summed E-state index contributed by atoms with van der Waals surface area (Å²) in [5.41, 5.74) is 0. The number of alkyl halides is 1. The predicted octanol–water partition coefficient (Wildman–Crippen LogP) is -2.29. The molecule has 10 heteroatoms. The van der Waals surface area contributed by atoms with E-state index in [2.05, 4.69) is 30.3 Å². The zero-order valence-corrected chi connectivity index (χ0v) is 13.7. The third-order valence-electron chi connectivity index (χ3n) is 1.48. The van der Waals surface area contributed by atoms with Crippen LogP contribution < -0.4 is 39.6 Å². The maximum atomic E-state index is 11.1. The van der Waals surface area contributed by atoms with Crippen LogP contribution in [-0.2, 0) is 14.2 Å². The molecular weight excluding hydrogens is 341 g/mol. The Morgan fingerprint density at radius 1 is 1.61 bits per heavy atom. The van der Waals surface area contributed by atoms with E-state index in [9.17, 15) is 15.2 Å². The van der Waals surface area contributed by atoms with Gasteiger partial charge in [0.15, 0.2) is 16.5 Å². The Balaban J connectivity index is 0.00000289. The van der Waals surface area contributed by atoms with Crippen molar-refractivity contribution in [3.63, 3.8) is 0 Å². The Morgan fingerprint density at radius 2 is 2.33 bits per heavy atom. The summed E-state index contributed by atoms with van der Waals surface area (Å²) in [6, 6.07) is 1.18. The van der Waals surface area contributed by atoms with E-state index in [1.807, 2.05) is 0 Å². The number of aromatic hydroxyl groups is 1. The van der Waals surface area contributed by atoms with Crippen molar-refractivity contribution in [2.75, 3.05) is 5.33 Å². The van der Waals surface area contributed by atoms with Crippen molar-refractivity contribution in [2.45, 2.75) is 11.4 Å². The number of ether oxygens (including phenoxy) is 1. The van der Waals surface area contributed by atoms with Crippen molar-refractivity contribution in [2.24, 2.45) is 0 Å². The summed E-state index contributed by atoms with van der Waals surface area (Å²) in [7, 11) is 0. The van der Waals surface area contributed by atoms with Gasteiger partial charge in [0.1, 0.15) is 0 Å². The Kier molecular flexibility index (Phi) is 10.1. The first-order valence-corrected chi connectivity index (χ1v) is 6.12. The third kappa shape index (κ3) is 6.34. The number of pyridine rings is 1. The van der Waals surface area contributed by atoms with Gasteiger partial charge in [-0.25, -0.2) is 4.98 Å². The molecule has 1 rings (SSSR count). The third-order valence-corrected chi connectivity index (χ3v) is 2.47. The molecule has 0 aromatic carbocycles. The Bertz CT molecular complexity index is 396. The van der Waals surface area contributed by atoms with E-state index in [1.165, 1.54) is 12.3 Å². The molecule has 18 heavy (non-hydrogen) atoms. The molecule has 0 radical (unpaired) electrons. The van der Waals surface area contributed by atoms with Gasteiger partial charge in [-0.15, -0.1) is 0 Å². The molecule has 94 valence electrons. The number of hydrogen-bond acceptors (Lipinski definition) is 8. The van der Waals surface area contributed by atoms with E-state index >= 15 is 0 Å². The van der Waals surface area contributed by atoms with E-state index < -0.39 is 5.97 Å². The standard InChI is InChI=1S/C8H8BrNO6S.Na/c9-2-1-7(12)14-5-3-6(11)8(10-4-5)17-16-15-13;/h3-4,11,13H,1-2H2;/q;+1/p-1. The van der Waals surface area contributed by atoms with Crippen LogP contribution in [0.2, 0.25) is 0 Å². The first-order chi connectivity index (χ1) is 8.17. The van der Waals surface area contributed by atoms with Crippen molar-refractivity contribution in [3.8, 4) is 11.5 Å². The average molecular weight is 348 g/mol. The Morgan fingerprint density at radius 3 is 2.89 bits per heavy atom. The molecule has 0 aliphatic rings. The molecule has 0 saturated heterocycles. The number of carbonyl (C=O) groups is 1. The zero-order valence-electron chi connectivity index (χ0n) is 9.29. The minimum Gasteiger partial charge on any atom is -0.691 e. The van der Waals surface area contributed by atoms with Crippen LogP contribution in [0.4, 0.5) is 0 Å². The normalized spacial score (nSPS) is 9.67. The summed E-state index contributed by atoms with van der Waals surface area (Å²) >= 11 is 3.53. The molecule has 0 saturated carbocycles. The van der Waals surface area contributed by atoms with Crippen molar-refractivity contribution in [1.82, 2.24) is 4.98 Å². The fraction of sp³-hybridized carbons (Fsp3) is 0.250.